The van der Waals surface area contributed by atoms with Crippen molar-refractivity contribution < 1.29 is 17.9 Å². The van der Waals surface area contributed by atoms with Gasteiger partial charge in [-0.1, -0.05) is 35.9 Å². The van der Waals surface area contributed by atoms with E-state index in [1.807, 2.05) is 18.2 Å². The molecular formula is C19H16ClF3N2O. The molecule has 0 saturated carbocycles. The van der Waals surface area contributed by atoms with Crippen molar-refractivity contribution in [3.8, 4) is 5.75 Å². The van der Waals surface area contributed by atoms with E-state index in [1.54, 1.807) is 19.2 Å². The van der Waals surface area contributed by atoms with Crippen LogP contribution in [-0.4, -0.2) is 18.6 Å². The third-order valence-corrected chi connectivity index (χ3v) is 4.16. The van der Waals surface area contributed by atoms with E-state index in [2.05, 4.69) is 10.3 Å². The molecule has 26 heavy (non-hydrogen) atoms. The molecule has 0 unspecified atom stereocenters. The number of methoxy groups -OCH3 is 1. The number of alkyl halides is 3. The fourth-order valence-electron chi connectivity index (χ4n) is 2.68. The van der Waals surface area contributed by atoms with Crippen LogP contribution in [0.4, 0.5) is 19.0 Å². The van der Waals surface area contributed by atoms with Gasteiger partial charge in [-0.05, 0) is 41.6 Å². The number of nitrogens with one attached hydrogen (secondary N) is 1. The predicted octanol–water partition coefficient (Wildman–Crippen LogP) is 5.57. The van der Waals surface area contributed by atoms with Gasteiger partial charge in [-0.25, -0.2) is 4.98 Å². The second-order valence-electron chi connectivity index (χ2n) is 5.76. The fourth-order valence-corrected chi connectivity index (χ4v) is 2.89. The first-order valence-corrected chi connectivity index (χ1v) is 8.29. The van der Waals surface area contributed by atoms with Crippen molar-refractivity contribution >= 4 is 28.2 Å². The smallest absolute Gasteiger partial charge is 0.416 e. The first-order chi connectivity index (χ1) is 12.4. The average molecular weight is 381 g/mol. The second kappa shape index (κ2) is 7.41. The predicted molar refractivity (Wildman–Crippen MR) is 96.9 cm³/mol. The Morgan fingerprint density at radius 3 is 2.65 bits per heavy atom. The summed E-state index contributed by atoms with van der Waals surface area (Å²) in [6, 6.07) is 12.6. The second-order valence-corrected chi connectivity index (χ2v) is 6.14. The molecule has 7 heteroatoms. The normalized spacial score (nSPS) is 11.6. The van der Waals surface area contributed by atoms with Crippen LogP contribution < -0.4 is 10.1 Å². The fraction of sp³-hybridized carbons (Fsp3) is 0.211. The molecule has 0 fully saturated rings. The number of pyridine rings is 1. The zero-order valence-corrected chi connectivity index (χ0v) is 14.7. The first-order valence-electron chi connectivity index (χ1n) is 7.91. The number of hydrogen-bond donors (Lipinski definition) is 1. The topological polar surface area (TPSA) is 34.1 Å². The zero-order chi connectivity index (χ0) is 18.7. The Balaban J connectivity index is 1.78. The van der Waals surface area contributed by atoms with Crippen LogP contribution in [0.2, 0.25) is 5.15 Å². The summed E-state index contributed by atoms with van der Waals surface area (Å²) in [6.45, 7) is 0.418. The van der Waals surface area contributed by atoms with Gasteiger partial charge in [0.15, 0.2) is 0 Å². The first kappa shape index (κ1) is 18.3. The third-order valence-electron chi connectivity index (χ3n) is 3.97. The maximum atomic E-state index is 12.8. The van der Waals surface area contributed by atoms with Gasteiger partial charge in [0.25, 0.3) is 0 Å². The van der Waals surface area contributed by atoms with Gasteiger partial charge >= 0.3 is 6.18 Å². The molecule has 1 heterocycles. The summed E-state index contributed by atoms with van der Waals surface area (Å²) in [5.41, 5.74) is -0.0534. The van der Waals surface area contributed by atoms with E-state index in [1.165, 1.54) is 6.07 Å². The van der Waals surface area contributed by atoms with Gasteiger partial charge in [-0.2, -0.15) is 13.2 Å². The highest BCUT2D eigenvalue weighted by molar-refractivity contribution is 6.30. The summed E-state index contributed by atoms with van der Waals surface area (Å²) < 4.78 is 43.6. The molecule has 0 spiro atoms. The van der Waals surface area contributed by atoms with Crippen molar-refractivity contribution in [2.24, 2.45) is 0 Å². The molecule has 0 aliphatic heterocycles. The Morgan fingerprint density at radius 2 is 1.92 bits per heavy atom. The van der Waals surface area contributed by atoms with Gasteiger partial charge in [0.1, 0.15) is 16.7 Å². The minimum Gasteiger partial charge on any atom is -0.497 e. The highest BCUT2D eigenvalue weighted by Crippen LogP contribution is 2.30. The SMILES string of the molecule is COc1ccc2cc(Cl)nc(NCCc3cccc(C(F)(F)F)c3)c2c1. The Bertz CT molecular complexity index is 928. The number of benzene rings is 2. The van der Waals surface area contributed by atoms with E-state index < -0.39 is 11.7 Å². The van der Waals surface area contributed by atoms with E-state index in [0.29, 0.717) is 35.2 Å². The molecular weight excluding hydrogens is 365 g/mol. The van der Waals surface area contributed by atoms with Crippen molar-refractivity contribution in [3.63, 3.8) is 0 Å². The van der Waals surface area contributed by atoms with E-state index >= 15 is 0 Å². The molecule has 0 amide bonds. The number of ether oxygens (including phenoxy) is 1. The maximum absolute atomic E-state index is 12.8. The highest BCUT2D eigenvalue weighted by atomic mass is 35.5. The minimum absolute atomic E-state index is 0.337. The minimum atomic E-state index is -4.34. The standard InChI is InChI=1S/C19H16ClF3N2O/c1-26-15-6-5-13-10-17(20)25-18(16(13)11-15)24-8-7-12-3-2-4-14(9-12)19(21,22)23/h2-6,9-11H,7-8H2,1H3,(H,24,25). The van der Waals surface area contributed by atoms with Crippen LogP contribution in [-0.2, 0) is 12.6 Å². The monoisotopic (exact) mass is 380 g/mol. The lowest BCUT2D eigenvalue weighted by Gasteiger charge is -2.12. The van der Waals surface area contributed by atoms with Gasteiger partial charge in [0.05, 0.1) is 12.7 Å². The van der Waals surface area contributed by atoms with Crippen LogP contribution in [0, 0.1) is 0 Å². The van der Waals surface area contributed by atoms with Gasteiger partial charge in [0, 0.05) is 11.9 Å². The Morgan fingerprint density at radius 1 is 1.12 bits per heavy atom. The number of hydrogen-bond acceptors (Lipinski definition) is 3. The van der Waals surface area contributed by atoms with Crippen LogP contribution in [0.1, 0.15) is 11.1 Å². The van der Waals surface area contributed by atoms with Crippen molar-refractivity contribution in [2.75, 3.05) is 19.0 Å². The third kappa shape index (κ3) is 4.19. The lowest BCUT2D eigenvalue weighted by molar-refractivity contribution is -0.137. The molecule has 3 rings (SSSR count). The van der Waals surface area contributed by atoms with E-state index in [4.69, 9.17) is 16.3 Å². The molecule has 0 bridgehead atoms. The van der Waals surface area contributed by atoms with Crippen LogP contribution in [0.25, 0.3) is 10.8 Å². The van der Waals surface area contributed by atoms with Crippen molar-refractivity contribution in [1.82, 2.24) is 4.98 Å². The molecule has 0 radical (unpaired) electrons. The van der Waals surface area contributed by atoms with Gasteiger partial charge in [-0.15, -0.1) is 0 Å². The molecule has 3 aromatic rings. The number of halogens is 4. The van der Waals surface area contributed by atoms with Crippen LogP contribution in [0.3, 0.4) is 0 Å². The van der Waals surface area contributed by atoms with E-state index in [0.717, 1.165) is 22.9 Å². The molecule has 2 aromatic carbocycles. The quantitative estimate of drug-likeness (QED) is 0.587. The zero-order valence-electron chi connectivity index (χ0n) is 13.9. The summed E-state index contributed by atoms with van der Waals surface area (Å²) in [4.78, 5) is 4.28. The molecule has 1 aromatic heterocycles. The van der Waals surface area contributed by atoms with Crippen molar-refractivity contribution in [2.45, 2.75) is 12.6 Å². The number of fused-ring (bicyclic) bond motifs is 1. The number of nitrogens with zero attached hydrogens (tertiary/aromatic N) is 1. The molecule has 0 aliphatic carbocycles. The number of anilines is 1. The lowest BCUT2D eigenvalue weighted by atomic mass is 10.1. The molecule has 1 N–H and O–H groups in total. The summed E-state index contributed by atoms with van der Waals surface area (Å²) in [5.74, 6) is 1.25. The average Bonchev–Trinajstić information content (AvgIpc) is 2.61. The van der Waals surface area contributed by atoms with Crippen molar-refractivity contribution in [1.29, 1.82) is 0 Å². The van der Waals surface area contributed by atoms with Gasteiger partial charge in [0.2, 0.25) is 0 Å². The number of aromatic nitrogens is 1. The molecule has 3 nitrogen and oxygen atoms in total. The summed E-state index contributed by atoms with van der Waals surface area (Å²) in [5, 5.41) is 5.22. The van der Waals surface area contributed by atoms with Crippen molar-refractivity contribution in [3.05, 3.63) is 64.8 Å². The van der Waals surface area contributed by atoms with Crippen LogP contribution in [0.15, 0.2) is 48.5 Å². The molecule has 0 aliphatic rings. The summed E-state index contributed by atoms with van der Waals surface area (Å²) in [6.07, 6.45) is -3.92. The largest absolute Gasteiger partial charge is 0.497 e. The Hall–Kier alpha value is -2.47. The maximum Gasteiger partial charge on any atom is 0.416 e. The summed E-state index contributed by atoms with van der Waals surface area (Å²) >= 11 is 6.06. The summed E-state index contributed by atoms with van der Waals surface area (Å²) in [7, 11) is 1.57. The molecule has 136 valence electrons. The van der Waals surface area contributed by atoms with E-state index in [-0.39, 0.29) is 0 Å². The number of rotatable bonds is 5. The lowest BCUT2D eigenvalue weighted by Crippen LogP contribution is -2.09. The highest BCUT2D eigenvalue weighted by Gasteiger charge is 2.30. The molecule has 0 saturated heterocycles. The van der Waals surface area contributed by atoms with Gasteiger partial charge in [-0.3, -0.25) is 0 Å². The molecule has 0 atom stereocenters. The van der Waals surface area contributed by atoms with Crippen LogP contribution in [0.5, 0.6) is 5.75 Å². The Labute approximate surface area is 153 Å². The van der Waals surface area contributed by atoms with Gasteiger partial charge < -0.3 is 10.1 Å². The van der Waals surface area contributed by atoms with E-state index in [9.17, 15) is 13.2 Å². The van der Waals surface area contributed by atoms with Crippen LogP contribution >= 0.6 is 11.6 Å². The Kier molecular flexibility index (Phi) is 5.23.